The second-order valence-electron chi connectivity index (χ2n) is 4.90. The van der Waals surface area contributed by atoms with E-state index in [1.807, 2.05) is 0 Å². The number of nitrogens with zero attached hydrogens (tertiary/aromatic N) is 1. The summed E-state index contributed by atoms with van der Waals surface area (Å²) in [5, 5.41) is 0. The van der Waals surface area contributed by atoms with Gasteiger partial charge in [-0.25, -0.2) is 0 Å². The highest BCUT2D eigenvalue weighted by molar-refractivity contribution is 5.14. The van der Waals surface area contributed by atoms with Crippen molar-refractivity contribution in [2.45, 2.75) is 33.2 Å². The van der Waals surface area contributed by atoms with Gasteiger partial charge in [0, 0.05) is 13.1 Å². The highest BCUT2D eigenvalue weighted by atomic mass is 15.1. The van der Waals surface area contributed by atoms with Crippen LogP contribution in [0.25, 0.3) is 0 Å². The van der Waals surface area contributed by atoms with Crippen LogP contribution in [-0.4, -0.2) is 24.5 Å². The van der Waals surface area contributed by atoms with E-state index in [9.17, 15) is 0 Å². The average molecular weight is 234 g/mol. The summed E-state index contributed by atoms with van der Waals surface area (Å²) in [6, 6.07) is 10.7. The number of nitrogens with two attached hydrogens (primary N) is 1. The van der Waals surface area contributed by atoms with Crippen molar-refractivity contribution in [2.24, 2.45) is 11.7 Å². The Balaban J connectivity index is 2.48. The molecular weight excluding hydrogens is 208 g/mol. The zero-order valence-electron chi connectivity index (χ0n) is 11.2. The second kappa shape index (κ2) is 8.26. The Morgan fingerprint density at radius 1 is 1.24 bits per heavy atom. The summed E-state index contributed by atoms with van der Waals surface area (Å²) < 4.78 is 0. The van der Waals surface area contributed by atoms with Crippen LogP contribution < -0.4 is 5.73 Å². The number of hydrogen-bond acceptors (Lipinski definition) is 2. The van der Waals surface area contributed by atoms with Crippen LogP contribution in [0.5, 0.6) is 0 Å². The maximum absolute atomic E-state index is 5.61. The van der Waals surface area contributed by atoms with Crippen LogP contribution in [-0.2, 0) is 6.54 Å². The molecule has 2 N–H and O–H groups in total. The molecule has 96 valence electrons. The molecule has 1 atom stereocenters. The molecule has 1 aromatic carbocycles. The molecule has 17 heavy (non-hydrogen) atoms. The molecular formula is C15H26N2. The van der Waals surface area contributed by atoms with Gasteiger partial charge in [0.2, 0.25) is 0 Å². The highest BCUT2D eigenvalue weighted by Crippen LogP contribution is 2.09. The van der Waals surface area contributed by atoms with E-state index in [0.717, 1.165) is 26.1 Å². The molecule has 1 aromatic rings. The lowest BCUT2D eigenvalue weighted by Crippen LogP contribution is -2.29. The van der Waals surface area contributed by atoms with Crippen molar-refractivity contribution in [1.29, 1.82) is 0 Å². The Labute approximate surface area is 106 Å². The van der Waals surface area contributed by atoms with Gasteiger partial charge in [-0.1, -0.05) is 44.2 Å². The maximum atomic E-state index is 5.61. The fourth-order valence-electron chi connectivity index (χ4n) is 2.21. The van der Waals surface area contributed by atoms with Gasteiger partial charge in [-0.15, -0.1) is 0 Å². The fraction of sp³-hybridized carbons (Fsp3) is 0.600. The Morgan fingerprint density at radius 2 is 1.94 bits per heavy atom. The zero-order valence-corrected chi connectivity index (χ0v) is 11.2. The van der Waals surface area contributed by atoms with E-state index in [2.05, 4.69) is 49.1 Å². The molecule has 0 saturated carbocycles. The van der Waals surface area contributed by atoms with Crippen LogP contribution in [0.1, 0.15) is 32.3 Å². The predicted octanol–water partition coefficient (Wildman–Crippen LogP) is 2.88. The zero-order chi connectivity index (χ0) is 12.5. The van der Waals surface area contributed by atoms with Gasteiger partial charge in [-0.2, -0.15) is 0 Å². The summed E-state index contributed by atoms with van der Waals surface area (Å²) in [4.78, 5) is 2.54. The molecule has 0 aliphatic heterocycles. The topological polar surface area (TPSA) is 29.3 Å². The standard InChI is InChI=1S/C15H26N2/c1-3-11-17(12-14(2)9-10-16)13-15-7-5-4-6-8-15/h4-8,14H,3,9-13,16H2,1-2H3. The molecule has 1 unspecified atom stereocenters. The quantitative estimate of drug-likeness (QED) is 0.749. The molecule has 0 heterocycles. The summed E-state index contributed by atoms with van der Waals surface area (Å²) in [6.45, 7) is 8.71. The van der Waals surface area contributed by atoms with Crippen molar-refractivity contribution in [2.75, 3.05) is 19.6 Å². The third kappa shape index (κ3) is 5.85. The van der Waals surface area contributed by atoms with Gasteiger partial charge in [0.05, 0.1) is 0 Å². The van der Waals surface area contributed by atoms with Crippen LogP contribution in [0.4, 0.5) is 0 Å². The molecule has 0 bridgehead atoms. The predicted molar refractivity (Wildman–Crippen MR) is 74.8 cm³/mol. The van der Waals surface area contributed by atoms with Crippen molar-refractivity contribution < 1.29 is 0 Å². The molecule has 0 radical (unpaired) electrons. The van der Waals surface area contributed by atoms with E-state index in [1.54, 1.807) is 0 Å². The van der Waals surface area contributed by atoms with Crippen LogP contribution >= 0.6 is 0 Å². The minimum absolute atomic E-state index is 0.690. The van der Waals surface area contributed by atoms with Gasteiger partial charge >= 0.3 is 0 Å². The molecule has 0 aliphatic rings. The van der Waals surface area contributed by atoms with Crippen LogP contribution in [0.15, 0.2) is 30.3 Å². The lowest BCUT2D eigenvalue weighted by Gasteiger charge is -2.25. The Bertz CT molecular complexity index is 284. The Kier molecular flexibility index (Phi) is 6.90. The smallest absolute Gasteiger partial charge is 0.0233 e. The van der Waals surface area contributed by atoms with E-state index >= 15 is 0 Å². The molecule has 0 aliphatic carbocycles. The van der Waals surface area contributed by atoms with Gasteiger partial charge in [0.1, 0.15) is 0 Å². The minimum atomic E-state index is 0.690. The summed E-state index contributed by atoms with van der Waals surface area (Å²) >= 11 is 0. The third-order valence-electron chi connectivity index (χ3n) is 3.02. The second-order valence-corrected chi connectivity index (χ2v) is 4.90. The van der Waals surface area contributed by atoms with E-state index < -0.39 is 0 Å². The first kappa shape index (κ1) is 14.2. The van der Waals surface area contributed by atoms with Gasteiger partial charge in [-0.05, 0) is 37.4 Å². The largest absolute Gasteiger partial charge is 0.330 e. The third-order valence-corrected chi connectivity index (χ3v) is 3.02. The van der Waals surface area contributed by atoms with Gasteiger partial charge in [-0.3, -0.25) is 4.90 Å². The van der Waals surface area contributed by atoms with Crippen molar-refractivity contribution in [3.05, 3.63) is 35.9 Å². The van der Waals surface area contributed by atoms with E-state index in [-0.39, 0.29) is 0 Å². The van der Waals surface area contributed by atoms with E-state index in [1.165, 1.54) is 18.5 Å². The molecule has 0 saturated heterocycles. The van der Waals surface area contributed by atoms with Crippen molar-refractivity contribution in [1.82, 2.24) is 4.90 Å². The van der Waals surface area contributed by atoms with Gasteiger partial charge < -0.3 is 5.73 Å². The lowest BCUT2D eigenvalue weighted by atomic mass is 10.1. The van der Waals surface area contributed by atoms with Crippen LogP contribution in [0.2, 0.25) is 0 Å². The number of benzene rings is 1. The summed E-state index contributed by atoms with van der Waals surface area (Å²) in [5.41, 5.74) is 7.02. The monoisotopic (exact) mass is 234 g/mol. The van der Waals surface area contributed by atoms with Crippen molar-refractivity contribution in [3.8, 4) is 0 Å². The van der Waals surface area contributed by atoms with Crippen LogP contribution in [0.3, 0.4) is 0 Å². The van der Waals surface area contributed by atoms with Crippen molar-refractivity contribution >= 4 is 0 Å². The molecule has 0 fully saturated rings. The highest BCUT2D eigenvalue weighted by Gasteiger charge is 2.09. The normalized spacial score (nSPS) is 12.9. The molecule has 0 spiro atoms. The number of hydrogen-bond donors (Lipinski definition) is 1. The van der Waals surface area contributed by atoms with Gasteiger partial charge in [0.25, 0.3) is 0 Å². The van der Waals surface area contributed by atoms with Crippen LogP contribution in [0, 0.1) is 5.92 Å². The maximum Gasteiger partial charge on any atom is 0.0233 e. The SMILES string of the molecule is CCCN(Cc1ccccc1)CC(C)CCN. The molecule has 0 aromatic heterocycles. The summed E-state index contributed by atoms with van der Waals surface area (Å²) in [6.07, 6.45) is 2.33. The average Bonchev–Trinajstić information content (AvgIpc) is 2.31. The lowest BCUT2D eigenvalue weighted by molar-refractivity contribution is 0.225. The first-order valence-electron chi connectivity index (χ1n) is 6.72. The molecule has 1 rings (SSSR count). The van der Waals surface area contributed by atoms with E-state index in [0.29, 0.717) is 5.92 Å². The molecule has 0 amide bonds. The first-order valence-corrected chi connectivity index (χ1v) is 6.72. The molecule has 2 heteroatoms. The Morgan fingerprint density at radius 3 is 2.53 bits per heavy atom. The summed E-state index contributed by atoms with van der Waals surface area (Å²) in [5.74, 6) is 0.690. The molecule has 2 nitrogen and oxygen atoms in total. The first-order chi connectivity index (χ1) is 8.26. The fourth-order valence-corrected chi connectivity index (χ4v) is 2.21. The Hall–Kier alpha value is -0.860. The number of rotatable bonds is 8. The minimum Gasteiger partial charge on any atom is -0.330 e. The van der Waals surface area contributed by atoms with Gasteiger partial charge in [0.15, 0.2) is 0 Å². The van der Waals surface area contributed by atoms with Crippen molar-refractivity contribution in [3.63, 3.8) is 0 Å². The van der Waals surface area contributed by atoms with E-state index in [4.69, 9.17) is 5.73 Å². The summed E-state index contributed by atoms with van der Waals surface area (Å²) in [7, 11) is 0.